The van der Waals surface area contributed by atoms with Crippen LogP contribution in [-0.4, -0.2) is 19.7 Å². The van der Waals surface area contributed by atoms with Gasteiger partial charge < -0.3 is 15.4 Å². The molecule has 2 rings (SSSR count). The Morgan fingerprint density at radius 2 is 2.07 bits per heavy atom. The monoisotopic (exact) mass is 192 g/mol. The molecule has 1 atom stereocenters. The Bertz CT molecular complexity index is 334. The number of carbonyl (C=O) groups is 1. The van der Waals surface area contributed by atoms with E-state index in [1.54, 1.807) is 7.11 Å². The lowest BCUT2D eigenvalue weighted by Crippen LogP contribution is -2.21. The van der Waals surface area contributed by atoms with E-state index in [-0.39, 0.29) is 12.1 Å². The average Bonchev–Trinajstić information content (AvgIpc) is 2.65. The number of hydrogen-bond donors (Lipinski definition) is 2. The van der Waals surface area contributed by atoms with Gasteiger partial charge >= 0.3 is 6.03 Å². The summed E-state index contributed by atoms with van der Waals surface area (Å²) >= 11 is 0. The van der Waals surface area contributed by atoms with E-state index >= 15 is 0 Å². The normalized spacial score (nSPS) is 20.1. The molecule has 1 aliphatic heterocycles. The van der Waals surface area contributed by atoms with Gasteiger partial charge in [0.2, 0.25) is 0 Å². The van der Waals surface area contributed by atoms with Crippen molar-refractivity contribution in [2.45, 2.75) is 6.04 Å². The van der Waals surface area contributed by atoms with Crippen LogP contribution in [0.2, 0.25) is 0 Å². The molecule has 1 aromatic carbocycles. The molecule has 1 saturated heterocycles. The van der Waals surface area contributed by atoms with Crippen LogP contribution >= 0.6 is 0 Å². The summed E-state index contributed by atoms with van der Waals surface area (Å²) in [6.07, 6.45) is 0. The van der Waals surface area contributed by atoms with Gasteiger partial charge in [0.25, 0.3) is 0 Å². The molecule has 2 amide bonds. The highest BCUT2D eigenvalue weighted by atomic mass is 16.5. The van der Waals surface area contributed by atoms with Gasteiger partial charge in [-0.3, -0.25) is 0 Å². The number of carbonyl (C=O) groups excluding carboxylic acids is 1. The lowest BCUT2D eigenvalue weighted by molar-refractivity contribution is 0.247. The first kappa shape index (κ1) is 8.87. The number of nitrogens with one attached hydrogen (secondary N) is 2. The second-order valence-electron chi connectivity index (χ2n) is 3.18. The van der Waals surface area contributed by atoms with E-state index in [9.17, 15) is 4.79 Å². The van der Waals surface area contributed by atoms with Gasteiger partial charge in [-0.2, -0.15) is 0 Å². The van der Waals surface area contributed by atoms with Gasteiger partial charge in [0.05, 0.1) is 13.2 Å². The standard InChI is InChI=1S/C10H12N2O2/c1-14-8-4-2-7(3-5-8)9-6-11-10(13)12-9/h2-5,9H,6H2,1H3,(H2,11,12,13). The van der Waals surface area contributed by atoms with Crippen molar-refractivity contribution in [1.82, 2.24) is 10.6 Å². The average molecular weight is 192 g/mol. The maximum absolute atomic E-state index is 10.9. The zero-order chi connectivity index (χ0) is 9.97. The summed E-state index contributed by atoms with van der Waals surface area (Å²) in [5.74, 6) is 0.825. The highest BCUT2D eigenvalue weighted by molar-refractivity contribution is 5.76. The van der Waals surface area contributed by atoms with Crippen molar-refractivity contribution in [3.8, 4) is 5.75 Å². The zero-order valence-electron chi connectivity index (χ0n) is 7.91. The molecule has 4 heteroatoms. The third-order valence-electron chi connectivity index (χ3n) is 2.29. The smallest absolute Gasteiger partial charge is 0.315 e. The van der Waals surface area contributed by atoms with Crippen molar-refractivity contribution in [3.63, 3.8) is 0 Å². The molecular formula is C10H12N2O2. The minimum Gasteiger partial charge on any atom is -0.497 e. The highest BCUT2D eigenvalue weighted by Gasteiger charge is 2.20. The van der Waals surface area contributed by atoms with Gasteiger partial charge in [-0.15, -0.1) is 0 Å². The van der Waals surface area contributed by atoms with Crippen molar-refractivity contribution >= 4 is 6.03 Å². The van der Waals surface area contributed by atoms with Crippen LogP contribution in [0.15, 0.2) is 24.3 Å². The summed E-state index contributed by atoms with van der Waals surface area (Å²) in [6.45, 7) is 0.644. The van der Waals surface area contributed by atoms with Gasteiger partial charge in [-0.05, 0) is 17.7 Å². The van der Waals surface area contributed by atoms with Crippen LogP contribution < -0.4 is 15.4 Å². The first-order valence-corrected chi connectivity index (χ1v) is 4.48. The molecule has 0 radical (unpaired) electrons. The lowest BCUT2D eigenvalue weighted by atomic mass is 10.1. The maximum atomic E-state index is 10.9. The molecule has 1 aromatic rings. The lowest BCUT2D eigenvalue weighted by Gasteiger charge is -2.09. The van der Waals surface area contributed by atoms with Gasteiger partial charge in [0.1, 0.15) is 5.75 Å². The number of methoxy groups -OCH3 is 1. The van der Waals surface area contributed by atoms with Crippen molar-refractivity contribution in [3.05, 3.63) is 29.8 Å². The summed E-state index contributed by atoms with van der Waals surface area (Å²) in [5, 5.41) is 5.53. The fourth-order valence-electron chi connectivity index (χ4n) is 1.49. The minimum absolute atomic E-state index is 0.0772. The molecule has 4 nitrogen and oxygen atoms in total. The van der Waals surface area contributed by atoms with Crippen LogP contribution in [0.5, 0.6) is 5.75 Å². The third kappa shape index (κ3) is 1.64. The first-order chi connectivity index (χ1) is 6.79. The number of urea groups is 1. The third-order valence-corrected chi connectivity index (χ3v) is 2.29. The summed E-state index contributed by atoms with van der Waals surface area (Å²) in [4.78, 5) is 10.9. The predicted molar refractivity (Wildman–Crippen MR) is 52.3 cm³/mol. The van der Waals surface area contributed by atoms with Crippen LogP contribution in [0.1, 0.15) is 11.6 Å². The van der Waals surface area contributed by atoms with Crippen LogP contribution in [0, 0.1) is 0 Å². The first-order valence-electron chi connectivity index (χ1n) is 4.48. The van der Waals surface area contributed by atoms with E-state index in [0.717, 1.165) is 11.3 Å². The molecule has 0 saturated carbocycles. The molecule has 0 bridgehead atoms. The molecule has 1 unspecified atom stereocenters. The van der Waals surface area contributed by atoms with Crippen LogP contribution in [0.25, 0.3) is 0 Å². The summed E-state index contributed by atoms with van der Waals surface area (Å²) in [5.41, 5.74) is 1.09. The van der Waals surface area contributed by atoms with E-state index in [2.05, 4.69) is 10.6 Å². The Balaban J connectivity index is 2.13. The molecule has 0 aliphatic carbocycles. The molecular weight excluding hydrogens is 180 g/mol. The minimum atomic E-state index is -0.106. The van der Waals surface area contributed by atoms with E-state index in [4.69, 9.17) is 4.74 Å². The van der Waals surface area contributed by atoms with E-state index in [1.807, 2.05) is 24.3 Å². The fraction of sp³-hybridized carbons (Fsp3) is 0.300. The number of benzene rings is 1. The number of rotatable bonds is 2. The van der Waals surface area contributed by atoms with Crippen molar-refractivity contribution in [1.29, 1.82) is 0 Å². The van der Waals surface area contributed by atoms with Gasteiger partial charge in [-0.1, -0.05) is 12.1 Å². The Kier molecular flexibility index (Phi) is 2.26. The molecule has 0 aromatic heterocycles. The Labute approximate surface area is 82.3 Å². The van der Waals surface area contributed by atoms with Gasteiger partial charge in [-0.25, -0.2) is 4.79 Å². The zero-order valence-corrected chi connectivity index (χ0v) is 7.91. The number of hydrogen-bond acceptors (Lipinski definition) is 2. The van der Waals surface area contributed by atoms with Crippen molar-refractivity contribution in [2.24, 2.45) is 0 Å². The quantitative estimate of drug-likeness (QED) is 0.735. The van der Waals surface area contributed by atoms with Crippen molar-refractivity contribution < 1.29 is 9.53 Å². The largest absolute Gasteiger partial charge is 0.497 e. The molecule has 1 fully saturated rings. The fourth-order valence-corrected chi connectivity index (χ4v) is 1.49. The summed E-state index contributed by atoms with van der Waals surface area (Å²) in [7, 11) is 1.63. The summed E-state index contributed by atoms with van der Waals surface area (Å²) < 4.78 is 5.05. The maximum Gasteiger partial charge on any atom is 0.315 e. The molecule has 2 N–H and O–H groups in total. The molecule has 14 heavy (non-hydrogen) atoms. The van der Waals surface area contributed by atoms with Crippen molar-refractivity contribution in [2.75, 3.05) is 13.7 Å². The summed E-state index contributed by atoms with van der Waals surface area (Å²) in [6, 6.07) is 7.66. The van der Waals surface area contributed by atoms with Gasteiger partial charge in [0, 0.05) is 6.54 Å². The Morgan fingerprint density at radius 1 is 1.36 bits per heavy atom. The van der Waals surface area contributed by atoms with E-state index < -0.39 is 0 Å². The molecule has 74 valence electrons. The van der Waals surface area contributed by atoms with E-state index in [1.165, 1.54) is 0 Å². The molecule has 0 spiro atoms. The predicted octanol–water partition coefficient (Wildman–Crippen LogP) is 1.05. The highest BCUT2D eigenvalue weighted by Crippen LogP contribution is 2.18. The Morgan fingerprint density at radius 3 is 2.57 bits per heavy atom. The number of amides is 2. The van der Waals surface area contributed by atoms with Gasteiger partial charge in [0.15, 0.2) is 0 Å². The second kappa shape index (κ2) is 3.57. The number of ether oxygens (including phenoxy) is 1. The SMILES string of the molecule is COc1ccc(C2CNC(=O)N2)cc1. The van der Waals surface area contributed by atoms with Crippen LogP contribution in [-0.2, 0) is 0 Å². The van der Waals surface area contributed by atoms with Crippen LogP contribution in [0.4, 0.5) is 4.79 Å². The molecule has 1 heterocycles. The van der Waals surface area contributed by atoms with Crippen LogP contribution in [0.3, 0.4) is 0 Å². The second-order valence-corrected chi connectivity index (χ2v) is 3.18. The topological polar surface area (TPSA) is 50.4 Å². The molecule has 1 aliphatic rings. The van der Waals surface area contributed by atoms with E-state index in [0.29, 0.717) is 6.54 Å². The Hall–Kier alpha value is -1.71.